The first-order chi connectivity index (χ1) is 17.8. The summed E-state index contributed by atoms with van der Waals surface area (Å²) in [5.74, 6) is 0.955. The minimum Gasteiger partial charge on any atom is -0.493 e. The second-order valence-corrected chi connectivity index (χ2v) is 11.5. The number of carbonyl (C=O) groups is 1. The summed E-state index contributed by atoms with van der Waals surface area (Å²) in [6.45, 7) is 6.80. The van der Waals surface area contributed by atoms with E-state index in [9.17, 15) is 13.2 Å². The number of hydrogen-bond donors (Lipinski definition) is 0. The molecule has 0 bridgehead atoms. The van der Waals surface area contributed by atoms with Gasteiger partial charge in [-0.25, -0.2) is 0 Å². The van der Waals surface area contributed by atoms with E-state index in [-0.39, 0.29) is 16.0 Å². The average molecular weight is 545 g/mol. The third-order valence-corrected chi connectivity index (χ3v) is 8.37. The molecule has 0 unspecified atom stereocenters. The SMILES string of the molecule is CCCCCCCCOc1ccc(/C=C2\SC(=NS(=O)(=O)c3ccc(C)cc3)N(CC)C2=O)cc1OC. The number of ether oxygens (including phenoxy) is 2. The number of rotatable bonds is 13. The van der Waals surface area contributed by atoms with Gasteiger partial charge < -0.3 is 9.47 Å². The number of sulfonamides is 1. The van der Waals surface area contributed by atoms with Crippen molar-refractivity contribution in [3.05, 3.63) is 58.5 Å². The number of carbonyl (C=O) groups excluding carboxylic acids is 1. The normalized spacial score (nSPS) is 16.1. The van der Waals surface area contributed by atoms with Crippen LogP contribution >= 0.6 is 11.8 Å². The van der Waals surface area contributed by atoms with E-state index in [2.05, 4.69) is 11.3 Å². The van der Waals surface area contributed by atoms with Crippen LogP contribution in [0.4, 0.5) is 0 Å². The lowest BCUT2D eigenvalue weighted by Gasteiger charge is -2.12. The summed E-state index contributed by atoms with van der Waals surface area (Å²) in [6, 6.07) is 12.0. The van der Waals surface area contributed by atoms with Gasteiger partial charge in [-0.3, -0.25) is 9.69 Å². The standard InChI is InChI=1S/C28H36N2O5S2/c1-5-7-8-9-10-11-18-35-24-17-14-22(19-25(24)34-4)20-26-27(31)30(6-2)28(36-26)29-37(32,33)23-15-12-21(3)13-16-23/h12-17,19-20H,5-11,18H2,1-4H3/b26-20-,29-28?. The second kappa shape index (κ2) is 13.7. The lowest BCUT2D eigenvalue weighted by atomic mass is 10.1. The van der Waals surface area contributed by atoms with Crippen molar-refractivity contribution in [1.29, 1.82) is 0 Å². The maximum absolute atomic E-state index is 13.0. The van der Waals surface area contributed by atoms with Crippen LogP contribution in [0, 0.1) is 6.92 Å². The van der Waals surface area contributed by atoms with E-state index < -0.39 is 10.0 Å². The number of nitrogens with zero attached hydrogens (tertiary/aromatic N) is 2. The smallest absolute Gasteiger partial charge is 0.284 e. The molecule has 0 N–H and O–H groups in total. The summed E-state index contributed by atoms with van der Waals surface area (Å²) in [5.41, 5.74) is 1.70. The lowest BCUT2D eigenvalue weighted by Crippen LogP contribution is -2.29. The second-order valence-electron chi connectivity index (χ2n) is 8.85. The zero-order chi connectivity index (χ0) is 26.8. The number of amides is 1. The van der Waals surface area contributed by atoms with Gasteiger partial charge in [0.2, 0.25) is 0 Å². The van der Waals surface area contributed by atoms with Gasteiger partial charge in [-0.1, -0.05) is 62.8 Å². The number of likely N-dealkylation sites (N-methyl/N-ethyl adjacent to an activating group) is 1. The molecule has 1 aliphatic rings. The predicted molar refractivity (Wildman–Crippen MR) is 151 cm³/mol. The van der Waals surface area contributed by atoms with Crippen molar-refractivity contribution in [3.63, 3.8) is 0 Å². The third kappa shape index (κ3) is 7.85. The summed E-state index contributed by atoms with van der Waals surface area (Å²) in [5, 5.41) is 0.144. The Kier molecular flexibility index (Phi) is 10.6. The van der Waals surface area contributed by atoms with E-state index >= 15 is 0 Å². The van der Waals surface area contributed by atoms with E-state index in [4.69, 9.17) is 9.47 Å². The summed E-state index contributed by atoms with van der Waals surface area (Å²) >= 11 is 1.05. The molecule has 37 heavy (non-hydrogen) atoms. The summed E-state index contributed by atoms with van der Waals surface area (Å²) in [4.78, 5) is 14.9. The summed E-state index contributed by atoms with van der Waals surface area (Å²) in [7, 11) is -2.37. The lowest BCUT2D eigenvalue weighted by molar-refractivity contribution is -0.122. The first-order valence-corrected chi connectivity index (χ1v) is 15.0. The van der Waals surface area contributed by atoms with E-state index in [0.29, 0.717) is 29.6 Å². The molecule has 1 saturated heterocycles. The van der Waals surface area contributed by atoms with Gasteiger partial charge in [-0.15, -0.1) is 4.40 Å². The van der Waals surface area contributed by atoms with Crippen LogP contribution < -0.4 is 9.47 Å². The van der Waals surface area contributed by atoms with Crippen molar-refractivity contribution in [2.24, 2.45) is 4.40 Å². The van der Waals surface area contributed by atoms with Crippen LogP contribution in [-0.4, -0.2) is 44.7 Å². The quantitative estimate of drug-likeness (QED) is 0.214. The van der Waals surface area contributed by atoms with Gasteiger partial charge in [-0.05, 0) is 67.9 Å². The molecule has 0 saturated carbocycles. The molecule has 0 spiro atoms. The highest BCUT2D eigenvalue weighted by molar-refractivity contribution is 8.19. The molecule has 0 aliphatic carbocycles. The van der Waals surface area contributed by atoms with E-state index in [1.165, 1.54) is 42.7 Å². The molecular weight excluding hydrogens is 508 g/mol. The molecule has 2 aromatic rings. The van der Waals surface area contributed by atoms with Gasteiger partial charge in [-0.2, -0.15) is 8.42 Å². The van der Waals surface area contributed by atoms with Crippen molar-refractivity contribution >= 4 is 38.9 Å². The molecule has 1 aliphatic heterocycles. The molecule has 1 amide bonds. The first kappa shape index (κ1) is 28.8. The monoisotopic (exact) mass is 544 g/mol. The Balaban J connectivity index is 1.73. The summed E-state index contributed by atoms with van der Waals surface area (Å²) in [6.07, 6.45) is 8.85. The molecule has 200 valence electrons. The van der Waals surface area contributed by atoms with Crippen LogP contribution in [0.2, 0.25) is 0 Å². The number of benzene rings is 2. The predicted octanol–water partition coefficient (Wildman–Crippen LogP) is 6.42. The van der Waals surface area contributed by atoms with Crippen LogP contribution in [0.15, 0.2) is 56.7 Å². The summed E-state index contributed by atoms with van der Waals surface area (Å²) < 4.78 is 41.1. The van der Waals surface area contributed by atoms with Crippen molar-refractivity contribution in [2.75, 3.05) is 20.3 Å². The minimum absolute atomic E-state index is 0.0911. The highest BCUT2D eigenvalue weighted by atomic mass is 32.2. The van der Waals surface area contributed by atoms with Crippen molar-refractivity contribution in [3.8, 4) is 11.5 Å². The molecule has 1 heterocycles. The van der Waals surface area contributed by atoms with Crippen LogP contribution in [-0.2, 0) is 14.8 Å². The first-order valence-electron chi connectivity index (χ1n) is 12.7. The molecular formula is C28H36N2O5S2. The number of amidine groups is 1. The zero-order valence-electron chi connectivity index (χ0n) is 22.0. The van der Waals surface area contributed by atoms with E-state index in [0.717, 1.165) is 35.7 Å². The highest BCUT2D eigenvalue weighted by Crippen LogP contribution is 2.35. The average Bonchev–Trinajstić information content (AvgIpc) is 3.16. The molecule has 3 rings (SSSR count). The van der Waals surface area contributed by atoms with Crippen LogP contribution in [0.5, 0.6) is 11.5 Å². The van der Waals surface area contributed by atoms with Gasteiger partial charge in [0.1, 0.15) is 0 Å². The van der Waals surface area contributed by atoms with Gasteiger partial charge in [0, 0.05) is 6.54 Å². The molecule has 9 heteroatoms. The minimum atomic E-state index is -3.95. The largest absolute Gasteiger partial charge is 0.493 e. The van der Waals surface area contributed by atoms with Crippen molar-refractivity contribution in [1.82, 2.24) is 4.90 Å². The fourth-order valence-electron chi connectivity index (χ4n) is 3.83. The fourth-order valence-corrected chi connectivity index (χ4v) is 6.07. The van der Waals surface area contributed by atoms with Gasteiger partial charge >= 0.3 is 0 Å². The van der Waals surface area contributed by atoms with Gasteiger partial charge in [0.25, 0.3) is 15.9 Å². The molecule has 0 atom stereocenters. The molecule has 1 fully saturated rings. The topological polar surface area (TPSA) is 85.3 Å². The molecule has 0 radical (unpaired) electrons. The van der Waals surface area contributed by atoms with Gasteiger partial charge in [0.05, 0.1) is 23.5 Å². The van der Waals surface area contributed by atoms with Crippen LogP contribution in [0.1, 0.15) is 63.5 Å². The molecule has 0 aromatic heterocycles. The van der Waals surface area contributed by atoms with E-state index in [1.807, 2.05) is 25.1 Å². The Bertz CT molecular complexity index is 1240. The Morgan fingerprint density at radius 2 is 1.68 bits per heavy atom. The maximum Gasteiger partial charge on any atom is 0.284 e. The fraction of sp³-hybridized carbons (Fsp3) is 0.429. The zero-order valence-corrected chi connectivity index (χ0v) is 23.7. The van der Waals surface area contributed by atoms with Crippen LogP contribution in [0.3, 0.4) is 0 Å². The van der Waals surface area contributed by atoms with Crippen LogP contribution in [0.25, 0.3) is 6.08 Å². The van der Waals surface area contributed by atoms with E-state index in [1.54, 1.807) is 32.2 Å². The van der Waals surface area contributed by atoms with Crippen molar-refractivity contribution < 1.29 is 22.7 Å². The Morgan fingerprint density at radius 3 is 2.35 bits per heavy atom. The number of hydrogen-bond acceptors (Lipinski definition) is 6. The molecule has 7 nitrogen and oxygen atoms in total. The number of thioether (sulfide) groups is 1. The Labute approximate surface area is 225 Å². The number of aryl methyl sites for hydroxylation is 1. The Hall–Kier alpha value is -2.78. The third-order valence-electron chi connectivity index (χ3n) is 5.96. The van der Waals surface area contributed by atoms with Gasteiger partial charge in [0.15, 0.2) is 16.7 Å². The Morgan fingerprint density at radius 1 is 0.973 bits per heavy atom. The molecule has 2 aromatic carbocycles. The van der Waals surface area contributed by atoms with Crippen molar-refractivity contribution in [2.45, 2.75) is 64.2 Å². The highest BCUT2D eigenvalue weighted by Gasteiger charge is 2.34. The number of methoxy groups -OCH3 is 1. The maximum atomic E-state index is 13.0. The number of unbranched alkanes of at least 4 members (excludes halogenated alkanes) is 5.